The van der Waals surface area contributed by atoms with Gasteiger partial charge in [-0.05, 0) is 63.8 Å². The number of nitrogens with zero attached hydrogens (tertiary/aromatic N) is 4. The average molecular weight is 609 g/mol. The molecule has 0 bridgehead atoms. The molecule has 6 aromatic heterocycles. The van der Waals surface area contributed by atoms with Crippen LogP contribution in [0, 0.1) is 0 Å². The van der Waals surface area contributed by atoms with E-state index in [4.69, 9.17) is 0 Å². The Hall–Kier alpha value is -3.12. The van der Waals surface area contributed by atoms with Crippen molar-refractivity contribution in [3.8, 4) is 41.1 Å². The Morgan fingerprint density at radius 3 is 1.79 bits per heavy atom. The highest BCUT2D eigenvalue weighted by molar-refractivity contribution is 7.26. The first-order valence-electron chi connectivity index (χ1n) is 12.2. The number of hydrogen-bond donors (Lipinski definition) is 0. The van der Waals surface area contributed by atoms with Gasteiger partial charge in [-0.1, -0.05) is 24.3 Å². The van der Waals surface area contributed by atoms with Gasteiger partial charge in [-0.15, -0.1) is 45.3 Å². The largest absolute Gasteiger partial charge is 0.173 e. The van der Waals surface area contributed by atoms with E-state index in [0.717, 1.165) is 22.1 Å². The van der Waals surface area contributed by atoms with Gasteiger partial charge in [-0.25, -0.2) is 0 Å². The van der Waals surface area contributed by atoms with Gasteiger partial charge in [0, 0.05) is 36.2 Å². The molecule has 1 spiro atoms. The molecule has 0 N–H and O–H groups in total. The molecule has 6 heterocycles. The van der Waals surface area contributed by atoms with Crippen LogP contribution in [0.15, 0.2) is 71.4 Å². The summed E-state index contributed by atoms with van der Waals surface area (Å²) in [5.74, 6) is 0. The van der Waals surface area contributed by atoms with E-state index in [9.17, 15) is 0 Å². The molecule has 2 aliphatic rings. The Labute approximate surface area is 246 Å². The van der Waals surface area contributed by atoms with Crippen molar-refractivity contribution in [1.29, 1.82) is 0 Å². The van der Waals surface area contributed by atoms with Crippen LogP contribution < -0.4 is 0 Å². The van der Waals surface area contributed by atoms with Crippen molar-refractivity contribution in [2.75, 3.05) is 0 Å². The van der Waals surface area contributed by atoms with Gasteiger partial charge in [0.05, 0.1) is 38.6 Å². The molecule has 0 unspecified atom stereocenters. The first-order valence-corrected chi connectivity index (χ1v) is 17.1. The molecule has 39 heavy (non-hydrogen) atoms. The number of aromatic nitrogens is 4. The third-order valence-corrected chi connectivity index (χ3v) is 13.5. The zero-order chi connectivity index (χ0) is 25.3. The van der Waals surface area contributed by atoms with Gasteiger partial charge in [-0.2, -0.15) is 17.5 Å². The Kier molecular flexibility index (Phi) is 4.19. The van der Waals surface area contributed by atoms with Gasteiger partial charge in [0.15, 0.2) is 0 Å². The highest BCUT2D eigenvalue weighted by atomic mass is 32.1. The Bertz CT molecular complexity index is 2110. The number of benzene rings is 2. The standard InChI is InChI=1S/C29H12N4S6/c1-3-13(23-19(5-1)30-38-32-23)21-11-17-26(36-21)27-18(12-22(37-27)14-4-2-6-20-24(14)33-39-31-20)29(17)16-8-10-34-25(16)15-7-9-35-28(15)29/h1-12H. The topological polar surface area (TPSA) is 51.6 Å². The first-order chi connectivity index (χ1) is 19.3. The molecule has 0 radical (unpaired) electrons. The van der Waals surface area contributed by atoms with E-state index in [1.54, 1.807) is 0 Å². The lowest BCUT2D eigenvalue weighted by atomic mass is 9.75. The van der Waals surface area contributed by atoms with Crippen LogP contribution in [0.3, 0.4) is 0 Å². The quantitative estimate of drug-likeness (QED) is 0.196. The Morgan fingerprint density at radius 1 is 0.538 bits per heavy atom. The SMILES string of the molecule is c1cc(-c2cc3c(s2)-c2sc(-c4cccc5nsnc45)cc2C32c3ccsc3-c3ccsc32)c2nsnc2c1. The van der Waals surface area contributed by atoms with Gasteiger partial charge >= 0.3 is 0 Å². The van der Waals surface area contributed by atoms with Crippen LogP contribution in [0.25, 0.3) is 63.1 Å². The van der Waals surface area contributed by atoms with Gasteiger partial charge in [-0.3, -0.25) is 0 Å². The molecular weight excluding hydrogens is 597 g/mol. The average Bonchev–Trinajstić information content (AvgIpc) is 3.78. The lowest BCUT2D eigenvalue weighted by Gasteiger charge is -2.26. The van der Waals surface area contributed by atoms with Crippen molar-refractivity contribution in [3.05, 3.63) is 93.0 Å². The minimum Gasteiger partial charge on any atom is -0.173 e. The van der Waals surface area contributed by atoms with Crippen LogP contribution >= 0.6 is 68.8 Å². The second kappa shape index (κ2) is 7.54. The van der Waals surface area contributed by atoms with E-state index < -0.39 is 0 Å². The fourth-order valence-corrected chi connectivity index (χ4v) is 12.3. The number of fused-ring (bicyclic) bond motifs is 12. The molecule has 0 atom stereocenters. The predicted molar refractivity (Wildman–Crippen MR) is 167 cm³/mol. The zero-order valence-electron chi connectivity index (χ0n) is 19.7. The highest BCUT2D eigenvalue weighted by Crippen LogP contribution is 2.69. The van der Waals surface area contributed by atoms with Crippen molar-refractivity contribution in [1.82, 2.24) is 17.5 Å². The smallest absolute Gasteiger partial charge is 0.113 e. The molecule has 0 fully saturated rings. The number of rotatable bonds is 2. The molecule has 0 amide bonds. The van der Waals surface area contributed by atoms with Crippen LogP contribution in [-0.2, 0) is 5.41 Å². The lowest BCUT2D eigenvalue weighted by molar-refractivity contribution is 0.819. The minimum atomic E-state index is -0.282. The Morgan fingerprint density at radius 2 is 1.15 bits per heavy atom. The van der Waals surface area contributed by atoms with E-state index >= 15 is 0 Å². The molecule has 0 saturated heterocycles. The van der Waals surface area contributed by atoms with Crippen molar-refractivity contribution < 1.29 is 0 Å². The summed E-state index contributed by atoms with van der Waals surface area (Å²) in [6.07, 6.45) is 0. The second-order valence-electron chi connectivity index (χ2n) is 9.66. The normalized spacial score (nSPS) is 14.4. The summed E-state index contributed by atoms with van der Waals surface area (Å²) in [6.45, 7) is 0. The van der Waals surface area contributed by atoms with Crippen LogP contribution in [-0.4, -0.2) is 17.5 Å². The molecule has 0 aliphatic heterocycles. The van der Waals surface area contributed by atoms with E-state index in [-0.39, 0.29) is 5.41 Å². The van der Waals surface area contributed by atoms with Gasteiger partial charge in [0.1, 0.15) is 22.1 Å². The summed E-state index contributed by atoms with van der Waals surface area (Å²) in [4.78, 5) is 8.11. The molecule has 0 saturated carbocycles. The van der Waals surface area contributed by atoms with Gasteiger partial charge in [0.2, 0.25) is 0 Å². The maximum atomic E-state index is 4.67. The molecule has 184 valence electrons. The maximum Gasteiger partial charge on any atom is 0.113 e. The summed E-state index contributed by atoms with van der Waals surface area (Å²) in [5.41, 5.74) is 11.6. The third kappa shape index (κ3) is 2.58. The fourth-order valence-electron chi connectivity index (χ4n) is 6.35. The molecule has 10 heteroatoms. The van der Waals surface area contributed by atoms with Crippen molar-refractivity contribution in [2.24, 2.45) is 0 Å². The van der Waals surface area contributed by atoms with E-state index in [0.29, 0.717) is 0 Å². The number of hydrogen-bond acceptors (Lipinski definition) is 10. The summed E-state index contributed by atoms with van der Waals surface area (Å²) < 4.78 is 18.3. The minimum absolute atomic E-state index is 0.282. The molecule has 10 rings (SSSR count). The molecule has 2 aliphatic carbocycles. The van der Waals surface area contributed by atoms with E-state index in [2.05, 4.69) is 88.9 Å². The van der Waals surface area contributed by atoms with E-state index in [1.807, 2.05) is 45.3 Å². The zero-order valence-corrected chi connectivity index (χ0v) is 24.6. The van der Waals surface area contributed by atoms with Crippen LogP contribution in [0.4, 0.5) is 0 Å². The van der Waals surface area contributed by atoms with Gasteiger partial charge < -0.3 is 0 Å². The Balaban J connectivity index is 1.31. The summed E-state index contributed by atoms with van der Waals surface area (Å²) >= 11 is 10.1. The summed E-state index contributed by atoms with van der Waals surface area (Å²) in [6, 6.07) is 22.2. The lowest BCUT2D eigenvalue weighted by Crippen LogP contribution is -2.23. The fraction of sp³-hybridized carbons (Fsp3) is 0.0345. The van der Waals surface area contributed by atoms with Crippen LogP contribution in [0.5, 0.6) is 0 Å². The summed E-state index contributed by atoms with van der Waals surface area (Å²) in [5, 5.41) is 4.52. The molecule has 2 aromatic carbocycles. The van der Waals surface area contributed by atoms with Crippen molar-refractivity contribution in [2.45, 2.75) is 5.41 Å². The highest BCUT2D eigenvalue weighted by Gasteiger charge is 2.55. The van der Waals surface area contributed by atoms with Crippen molar-refractivity contribution >= 4 is 90.9 Å². The monoisotopic (exact) mass is 608 g/mol. The summed E-state index contributed by atoms with van der Waals surface area (Å²) in [7, 11) is 0. The third-order valence-electron chi connectivity index (χ3n) is 7.90. The van der Waals surface area contributed by atoms with E-state index in [1.165, 1.54) is 86.1 Å². The van der Waals surface area contributed by atoms with Crippen LogP contribution in [0.2, 0.25) is 0 Å². The first kappa shape index (κ1) is 21.7. The molecular formula is C29H12N4S6. The molecule has 8 aromatic rings. The van der Waals surface area contributed by atoms with Gasteiger partial charge in [0.25, 0.3) is 0 Å². The van der Waals surface area contributed by atoms with Crippen molar-refractivity contribution in [3.63, 3.8) is 0 Å². The second-order valence-corrected chi connectivity index (χ2v) is 14.7. The number of thiophene rings is 4. The molecule has 4 nitrogen and oxygen atoms in total. The van der Waals surface area contributed by atoms with Crippen LogP contribution in [0.1, 0.15) is 21.6 Å². The maximum absolute atomic E-state index is 4.67. The predicted octanol–water partition coefficient (Wildman–Crippen LogP) is 9.62.